The predicted molar refractivity (Wildman–Crippen MR) is 15.7 cm³/mol. The van der Waals surface area contributed by atoms with Crippen LogP contribution in [0.1, 0.15) is 0 Å². The van der Waals surface area contributed by atoms with E-state index in [0.717, 1.165) is 0 Å². The Hall–Kier alpha value is 3.09. The van der Waals surface area contributed by atoms with Gasteiger partial charge in [0.05, 0.1) is 0 Å². The molecular formula is H3LiMgMnNiTi. The molecule has 0 rings (SSSR count). The second-order valence-corrected chi connectivity index (χ2v) is 0. The van der Waals surface area contributed by atoms with Crippen molar-refractivity contribution in [3.05, 3.63) is 0 Å². The summed E-state index contributed by atoms with van der Waals surface area (Å²) >= 11 is 0. The fraction of sp³-hybridized carbons (Fsp3) is 0. The minimum Gasteiger partial charge on any atom is 0 e. The smallest absolute Gasteiger partial charge is 0 e. The van der Waals surface area contributed by atoms with Gasteiger partial charge in [0.1, 0.15) is 0 Å². The van der Waals surface area contributed by atoms with Gasteiger partial charge in [0, 0.05) is 55.3 Å². The van der Waals surface area contributed by atoms with Gasteiger partial charge in [0.15, 0.2) is 0 Å². The molecule has 0 atom stereocenters. The Morgan fingerprint density at radius 1 is 1.00 bits per heavy atom. The summed E-state index contributed by atoms with van der Waals surface area (Å²) in [5.74, 6) is 0. The second kappa shape index (κ2) is 27.5. The van der Waals surface area contributed by atoms with Gasteiger partial charge in [-0.3, -0.25) is 0 Å². The summed E-state index contributed by atoms with van der Waals surface area (Å²) in [6.07, 6.45) is 0. The SMILES string of the molecule is [LiH].[MgH2].[Mn].[Ni].[Ti]. The summed E-state index contributed by atoms with van der Waals surface area (Å²) in [5.41, 5.74) is 0. The average Bonchev–Trinajstić information content (AvgIpc) is 0. The van der Waals surface area contributed by atoms with E-state index in [4.69, 9.17) is 0 Å². The molecule has 0 saturated carbocycles. The summed E-state index contributed by atoms with van der Waals surface area (Å²) in [6, 6.07) is 0. The largest absolute Gasteiger partial charge is 0.316 e. The first kappa shape index (κ1) is 42.6. The van der Waals surface area contributed by atoms with E-state index in [9.17, 15) is 0 Å². The molecular weight excluding hydrogens is 193 g/mol. The average molecular weight is 196 g/mol. The van der Waals surface area contributed by atoms with Crippen LogP contribution in [0.4, 0.5) is 0 Å². The van der Waals surface area contributed by atoms with Gasteiger partial charge in [0.2, 0.25) is 0 Å². The summed E-state index contributed by atoms with van der Waals surface area (Å²) in [6.45, 7) is 0. The number of hydrogen-bond acceptors (Lipinski definition) is 0. The van der Waals surface area contributed by atoms with Crippen LogP contribution in [0.25, 0.3) is 0 Å². The van der Waals surface area contributed by atoms with Crippen molar-refractivity contribution in [2.75, 3.05) is 0 Å². The fourth-order valence-corrected chi connectivity index (χ4v) is 0. The maximum Gasteiger partial charge on any atom is 0.316 e. The van der Waals surface area contributed by atoms with Crippen LogP contribution in [-0.2, 0) is 55.3 Å². The van der Waals surface area contributed by atoms with Crippen molar-refractivity contribution >= 4 is 41.9 Å². The minimum atomic E-state index is 0. The van der Waals surface area contributed by atoms with Crippen molar-refractivity contribution in [1.29, 1.82) is 0 Å². The first-order valence-corrected chi connectivity index (χ1v) is 0. The molecule has 0 unspecified atom stereocenters. The van der Waals surface area contributed by atoms with Crippen LogP contribution in [0.2, 0.25) is 0 Å². The van der Waals surface area contributed by atoms with Gasteiger partial charge >= 0.3 is 41.9 Å². The first-order chi connectivity index (χ1) is 0. The van der Waals surface area contributed by atoms with Gasteiger partial charge in [-0.25, -0.2) is 0 Å². The van der Waals surface area contributed by atoms with E-state index in [2.05, 4.69) is 0 Å². The van der Waals surface area contributed by atoms with Crippen molar-refractivity contribution in [3.8, 4) is 0 Å². The molecule has 1 radical (unpaired) electrons. The van der Waals surface area contributed by atoms with E-state index in [0.29, 0.717) is 0 Å². The van der Waals surface area contributed by atoms with E-state index in [1.807, 2.05) is 0 Å². The normalized spacial score (nSPS) is 0. The molecule has 0 aromatic heterocycles. The zero-order chi connectivity index (χ0) is 0. The van der Waals surface area contributed by atoms with Crippen molar-refractivity contribution in [3.63, 3.8) is 0 Å². The van der Waals surface area contributed by atoms with Crippen molar-refractivity contribution < 1.29 is 55.3 Å². The van der Waals surface area contributed by atoms with Crippen LogP contribution in [0.3, 0.4) is 0 Å². The zero-order valence-electron chi connectivity index (χ0n) is 1.19. The predicted octanol–water partition coefficient (Wildman–Crippen LogP) is -1.57. The monoisotopic (exact) mass is 195 g/mol. The van der Waals surface area contributed by atoms with Gasteiger partial charge in [-0.2, -0.15) is 0 Å². The van der Waals surface area contributed by atoms with E-state index < -0.39 is 0 Å². The van der Waals surface area contributed by atoms with Gasteiger partial charge < -0.3 is 0 Å². The van der Waals surface area contributed by atoms with Gasteiger partial charge in [-0.1, -0.05) is 0 Å². The molecule has 27 valence electrons. The molecule has 0 N–H and O–H groups in total. The van der Waals surface area contributed by atoms with Crippen LogP contribution < -0.4 is 0 Å². The Morgan fingerprint density at radius 2 is 1.00 bits per heavy atom. The molecule has 0 bridgehead atoms. The molecule has 5 heteroatoms. The van der Waals surface area contributed by atoms with E-state index in [1.54, 1.807) is 0 Å². The number of hydrogen-bond donors (Lipinski definition) is 0. The van der Waals surface area contributed by atoms with Crippen LogP contribution in [0, 0.1) is 0 Å². The zero-order valence-corrected chi connectivity index (χ0v) is 4.92. The standard InChI is InChI=1S/Li.Mg.Mn.Ni.Ti.3H. The Labute approximate surface area is 95.6 Å². The molecule has 0 spiro atoms. The van der Waals surface area contributed by atoms with E-state index in [-0.39, 0.29) is 97.2 Å². The molecule has 0 aromatic carbocycles. The molecule has 0 saturated heterocycles. The molecule has 0 aliphatic carbocycles. The fourth-order valence-electron chi connectivity index (χ4n) is 0. The van der Waals surface area contributed by atoms with E-state index >= 15 is 0 Å². The molecule has 0 fully saturated rings. The van der Waals surface area contributed by atoms with E-state index in [1.165, 1.54) is 0 Å². The number of rotatable bonds is 0. The summed E-state index contributed by atoms with van der Waals surface area (Å²) in [5, 5.41) is 0. The summed E-state index contributed by atoms with van der Waals surface area (Å²) in [4.78, 5) is 0. The van der Waals surface area contributed by atoms with Crippen LogP contribution in [-0.4, -0.2) is 41.9 Å². The third-order valence-electron chi connectivity index (χ3n) is 0. The Balaban J connectivity index is 0. The molecule has 0 aliphatic rings. The van der Waals surface area contributed by atoms with Gasteiger partial charge in [-0.05, 0) is 0 Å². The molecule has 0 aromatic rings. The summed E-state index contributed by atoms with van der Waals surface area (Å²) in [7, 11) is 0. The third kappa shape index (κ3) is 19.2. The van der Waals surface area contributed by atoms with Crippen LogP contribution >= 0.6 is 0 Å². The van der Waals surface area contributed by atoms with Gasteiger partial charge in [-0.15, -0.1) is 0 Å². The molecule has 0 aliphatic heterocycles. The molecule has 5 heavy (non-hydrogen) atoms. The second-order valence-electron chi connectivity index (χ2n) is 0. The van der Waals surface area contributed by atoms with Crippen molar-refractivity contribution in [2.24, 2.45) is 0 Å². The third-order valence-corrected chi connectivity index (χ3v) is 0. The van der Waals surface area contributed by atoms with Crippen LogP contribution in [0.15, 0.2) is 0 Å². The maximum atomic E-state index is 0. The molecule has 0 heterocycles. The van der Waals surface area contributed by atoms with Crippen LogP contribution in [0.5, 0.6) is 0 Å². The minimum absolute atomic E-state index is 0. The Kier molecular flexibility index (Phi) is 235. The maximum absolute atomic E-state index is 0. The Morgan fingerprint density at radius 3 is 1.00 bits per heavy atom. The Bertz CT molecular complexity index is 11.6. The van der Waals surface area contributed by atoms with Gasteiger partial charge in [0.25, 0.3) is 0 Å². The topological polar surface area (TPSA) is 0 Å². The van der Waals surface area contributed by atoms with Crippen molar-refractivity contribution in [1.82, 2.24) is 0 Å². The quantitative estimate of drug-likeness (QED) is 0.410. The molecule has 0 amide bonds. The van der Waals surface area contributed by atoms with Crippen molar-refractivity contribution in [2.45, 2.75) is 0 Å². The first-order valence-electron chi connectivity index (χ1n) is 0. The summed E-state index contributed by atoms with van der Waals surface area (Å²) < 4.78 is 0. The molecule has 0 nitrogen and oxygen atoms in total.